The van der Waals surface area contributed by atoms with Crippen LogP contribution in [0.3, 0.4) is 0 Å². The monoisotopic (exact) mass is 538 g/mol. The standard InChI is InChI=1S/C14H11NO5.C12H11NO6/c1-8-2-4-9(5-3-8)13(17)10-6-11(15(19)20)14(18)12(16)7-10;1-6(14)9(7(2)15)3-8-4-10(13(18)19)12(17)11(16)5-8/h2-7,16,18H,1H3;3-5,16-17H,1-2H3. The lowest BCUT2D eigenvalue weighted by Crippen LogP contribution is -2.05. The maximum atomic E-state index is 12.2. The summed E-state index contributed by atoms with van der Waals surface area (Å²) in [5.74, 6) is -4.58. The summed E-state index contributed by atoms with van der Waals surface area (Å²) in [6, 6.07) is 10.6. The van der Waals surface area contributed by atoms with E-state index in [2.05, 4.69) is 0 Å². The number of phenolic OH excluding ortho intramolecular Hbond substituents is 4. The van der Waals surface area contributed by atoms with Gasteiger partial charge in [-0.1, -0.05) is 29.8 Å². The number of ketones is 3. The molecule has 0 saturated carbocycles. The summed E-state index contributed by atoms with van der Waals surface area (Å²) in [7, 11) is 0. The number of rotatable bonds is 7. The van der Waals surface area contributed by atoms with Crippen molar-refractivity contribution < 1.29 is 44.7 Å². The fourth-order valence-electron chi connectivity index (χ4n) is 3.21. The highest BCUT2D eigenvalue weighted by molar-refractivity contribution is 6.21. The third kappa shape index (κ3) is 7.22. The first-order chi connectivity index (χ1) is 18.1. The van der Waals surface area contributed by atoms with Crippen LogP contribution in [0.1, 0.15) is 40.9 Å². The minimum Gasteiger partial charge on any atom is -0.504 e. The van der Waals surface area contributed by atoms with Crippen molar-refractivity contribution in [3.8, 4) is 23.0 Å². The first kappa shape index (κ1) is 29.6. The molecular formula is C26H22N2O11. The van der Waals surface area contributed by atoms with Crippen LogP contribution in [-0.2, 0) is 9.59 Å². The molecule has 0 aliphatic rings. The molecule has 0 aromatic heterocycles. The average molecular weight is 538 g/mol. The van der Waals surface area contributed by atoms with Gasteiger partial charge in [-0.2, -0.15) is 0 Å². The van der Waals surface area contributed by atoms with E-state index in [4.69, 9.17) is 0 Å². The Labute approximate surface area is 220 Å². The number of allylic oxidation sites excluding steroid dienone is 1. The van der Waals surface area contributed by atoms with E-state index < -0.39 is 61.6 Å². The van der Waals surface area contributed by atoms with Gasteiger partial charge >= 0.3 is 11.4 Å². The molecule has 3 rings (SSSR count). The molecule has 39 heavy (non-hydrogen) atoms. The molecule has 0 heterocycles. The molecule has 0 aliphatic heterocycles. The molecular weight excluding hydrogens is 516 g/mol. The molecule has 0 atom stereocenters. The Morgan fingerprint density at radius 2 is 1.18 bits per heavy atom. The van der Waals surface area contributed by atoms with Crippen molar-refractivity contribution in [3.05, 3.63) is 96.6 Å². The predicted molar refractivity (Wildman–Crippen MR) is 137 cm³/mol. The number of carbonyl (C=O) groups excluding carboxylic acids is 3. The molecule has 0 aliphatic carbocycles. The minimum atomic E-state index is -0.881. The normalized spacial score (nSPS) is 10.0. The van der Waals surface area contributed by atoms with Gasteiger partial charge < -0.3 is 20.4 Å². The van der Waals surface area contributed by atoms with E-state index in [1.165, 1.54) is 13.8 Å². The first-order valence-corrected chi connectivity index (χ1v) is 10.9. The summed E-state index contributed by atoms with van der Waals surface area (Å²) in [5.41, 5.74) is -0.244. The van der Waals surface area contributed by atoms with Crippen molar-refractivity contribution in [3.63, 3.8) is 0 Å². The van der Waals surface area contributed by atoms with Crippen LogP contribution in [0.4, 0.5) is 11.4 Å². The lowest BCUT2D eigenvalue weighted by molar-refractivity contribution is -0.386. The number of nitro groups is 2. The number of nitrogens with zero attached hydrogens (tertiary/aromatic N) is 2. The summed E-state index contributed by atoms with van der Waals surface area (Å²) in [5, 5.41) is 58.9. The molecule has 0 fully saturated rings. The summed E-state index contributed by atoms with van der Waals surface area (Å²) in [6.07, 6.45) is 1.12. The maximum absolute atomic E-state index is 12.2. The fourth-order valence-corrected chi connectivity index (χ4v) is 3.21. The molecule has 0 amide bonds. The molecule has 202 valence electrons. The van der Waals surface area contributed by atoms with E-state index in [0.717, 1.165) is 35.9 Å². The zero-order valence-corrected chi connectivity index (χ0v) is 20.7. The Kier molecular flexibility index (Phi) is 9.19. The van der Waals surface area contributed by atoms with Gasteiger partial charge in [0, 0.05) is 23.3 Å². The van der Waals surface area contributed by atoms with Crippen LogP contribution >= 0.6 is 0 Å². The highest BCUT2D eigenvalue weighted by Crippen LogP contribution is 2.37. The van der Waals surface area contributed by atoms with E-state index >= 15 is 0 Å². The first-order valence-electron chi connectivity index (χ1n) is 10.9. The van der Waals surface area contributed by atoms with Crippen molar-refractivity contribution in [2.45, 2.75) is 20.8 Å². The molecule has 13 nitrogen and oxygen atoms in total. The Balaban J connectivity index is 0.000000274. The molecule has 3 aromatic rings. The number of hydrogen-bond acceptors (Lipinski definition) is 11. The van der Waals surface area contributed by atoms with Gasteiger partial charge in [-0.25, -0.2) is 0 Å². The summed E-state index contributed by atoms with van der Waals surface area (Å²) < 4.78 is 0. The second kappa shape index (κ2) is 12.1. The van der Waals surface area contributed by atoms with Crippen molar-refractivity contribution in [2.75, 3.05) is 0 Å². The molecule has 0 bridgehead atoms. The van der Waals surface area contributed by atoms with Gasteiger partial charge in [0.05, 0.1) is 15.4 Å². The molecule has 0 spiro atoms. The van der Waals surface area contributed by atoms with Gasteiger partial charge in [-0.05, 0) is 44.5 Å². The van der Waals surface area contributed by atoms with Crippen LogP contribution < -0.4 is 0 Å². The predicted octanol–water partition coefficient (Wildman–Crippen LogP) is 4.11. The maximum Gasteiger partial charge on any atom is 0.315 e. The number of benzene rings is 3. The number of aryl methyl sites for hydroxylation is 1. The van der Waals surface area contributed by atoms with E-state index in [1.54, 1.807) is 24.3 Å². The van der Waals surface area contributed by atoms with Crippen molar-refractivity contribution in [1.82, 2.24) is 0 Å². The summed E-state index contributed by atoms with van der Waals surface area (Å²) in [6.45, 7) is 4.23. The molecule has 4 N–H and O–H groups in total. The summed E-state index contributed by atoms with van der Waals surface area (Å²) in [4.78, 5) is 54.3. The number of hydrogen-bond donors (Lipinski definition) is 4. The lowest BCUT2D eigenvalue weighted by atomic mass is 10.0. The van der Waals surface area contributed by atoms with Crippen molar-refractivity contribution >= 4 is 34.8 Å². The van der Waals surface area contributed by atoms with Gasteiger partial charge in [-0.3, -0.25) is 34.6 Å². The molecule has 3 aromatic carbocycles. The smallest absolute Gasteiger partial charge is 0.315 e. The van der Waals surface area contributed by atoms with Crippen molar-refractivity contribution in [1.29, 1.82) is 0 Å². The Morgan fingerprint density at radius 3 is 1.64 bits per heavy atom. The SMILES string of the molecule is CC(=O)C(=Cc1cc(O)c(O)c([N+](=O)[O-])c1)C(C)=O.Cc1ccc(C(=O)c2cc(O)c(O)c([N+](=O)[O-])c2)cc1. The number of nitro benzene ring substituents is 2. The van der Waals surface area contributed by atoms with Gasteiger partial charge in [0.15, 0.2) is 28.8 Å². The largest absolute Gasteiger partial charge is 0.504 e. The third-order valence-electron chi connectivity index (χ3n) is 5.20. The Bertz CT molecular complexity index is 1510. The van der Waals surface area contributed by atoms with Gasteiger partial charge in [0.2, 0.25) is 11.5 Å². The quantitative estimate of drug-likeness (QED) is 0.0637. The van der Waals surface area contributed by atoms with Crippen LogP contribution in [0.15, 0.2) is 54.1 Å². The van der Waals surface area contributed by atoms with Gasteiger partial charge in [0.25, 0.3) is 0 Å². The molecule has 0 unspecified atom stereocenters. The summed E-state index contributed by atoms with van der Waals surface area (Å²) >= 11 is 0. The van der Waals surface area contributed by atoms with Crippen LogP contribution in [0.2, 0.25) is 0 Å². The van der Waals surface area contributed by atoms with E-state index in [0.29, 0.717) is 5.56 Å². The second-order valence-electron chi connectivity index (χ2n) is 8.15. The van der Waals surface area contributed by atoms with Crippen LogP contribution in [0.25, 0.3) is 6.08 Å². The zero-order valence-electron chi connectivity index (χ0n) is 20.7. The lowest BCUT2D eigenvalue weighted by Gasteiger charge is -2.05. The van der Waals surface area contributed by atoms with E-state index in [-0.39, 0.29) is 16.7 Å². The van der Waals surface area contributed by atoms with Crippen LogP contribution in [-0.4, -0.2) is 47.6 Å². The van der Waals surface area contributed by atoms with Gasteiger partial charge in [0.1, 0.15) is 0 Å². The number of carbonyl (C=O) groups is 3. The topological polar surface area (TPSA) is 218 Å². The fraction of sp³-hybridized carbons (Fsp3) is 0.115. The third-order valence-corrected chi connectivity index (χ3v) is 5.20. The Hall–Kier alpha value is -5.59. The average Bonchev–Trinajstić information content (AvgIpc) is 2.85. The zero-order chi connectivity index (χ0) is 29.6. The molecule has 13 heteroatoms. The Morgan fingerprint density at radius 1 is 0.718 bits per heavy atom. The minimum absolute atomic E-state index is 0.0594. The highest BCUT2D eigenvalue weighted by Gasteiger charge is 2.22. The van der Waals surface area contributed by atoms with Crippen LogP contribution in [0, 0.1) is 27.2 Å². The molecule has 0 saturated heterocycles. The molecule has 0 radical (unpaired) electrons. The van der Waals surface area contributed by atoms with E-state index in [1.807, 2.05) is 6.92 Å². The van der Waals surface area contributed by atoms with E-state index in [9.17, 15) is 55.0 Å². The number of phenols is 4. The highest BCUT2D eigenvalue weighted by atomic mass is 16.6. The second-order valence-corrected chi connectivity index (χ2v) is 8.15. The van der Waals surface area contributed by atoms with Crippen molar-refractivity contribution in [2.24, 2.45) is 0 Å². The number of aromatic hydroxyl groups is 4. The number of Topliss-reactive ketones (excluding diaryl/α,β-unsaturated/α-hetero) is 2. The van der Waals surface area contributed by atoms with Crippen LogP contribution in [0.5, 0.6) is 23.0 Å². The van der Waals surface area contributed by atoms with Gasteiger partial charge in [-0.15, -0.1) is 0 Å².